The van der Waals surface area contributed by atoms with Crippen LogP contribution in [-0.4, -0.2) is 10.7 Å². The van der Waals surface area contributed by atoms with Gasteiger partial charge in [0, 0.05) is 0 Å². The molecule has 1 saturated carbocycles. The summed E-state index contributed by atoms with van der Waals surface area (Å²) >= 11 is 2.41. The Labute approximate surface area is 111 Å². The van der Waals surface area contributed by atoms with E-state index in [9.17, 15) is 5.11 Å². The highest BCUT2D eigenvalue weighted by molar-refractivity contribution is 14.1. The minimum Gasteiger partial charge on any atom is -0.388 e. The Hall–Kier alpha value is -0.0900. The van der Waals surface area contributed by atoms with E-state index in [2.05, 4.69) is 46.9 Å². The lowest BCUT2D eigenvalue weighted by Gasteiger charge is -2.32. The molecule has 0 aromatic heterocycles. The van der Waals surface area contributed by atoms with Crippen LogP contribution >= 0.6 is 22.6 Å². The molecular formula is C14H19IO. The first-order chi connectivity index (χ1) is 7.72. The van der Waals surface area contributed by atoms with E-state index in [1.54, 1.807) is 0 Å². The van der Waals surface area contributed by atoms with E-state index < -0.39 is 5.60 Å². The third-order valence-corrected chi connectivity index (χ3v) is 5.41. The number of rotatable bonds is 2. The summed E-state index contributed by atoms with van der Waals surface area (Å²) in [6.07, 6.45) is 6.80. The molecule has 88 valence electrons. The van der Waals surface area contributed by atoms with Gasteiger partial charge in [0.1, 0.15) is 0 Å². The van der Waals surface area contributed by atoms with Crippen LogP contribution in [0.2, 0.25) is 0 Å². The van der Waals surface area contributed by atoms with Gasteiger partial charge in [-0.15, -0.1) is 0 Å². The molecular weight excluding hydrogens is 311 g/mol. The van der Waals surface area contributed by atoms with E-state index in [1.165, 1.54) is 31.2 Å². The number of hydrogen-bond donors (Lipinski definition) is 1. The maximum atomic E-state index is 10.8. The largest absolute Gasteiger partial charge is 0.388 e. The quantitative estimate of drug-likeness (QED) is 0.488. The van der Waals surface area contributed by atoms with Gasteiger partial charge in [0.25, 0.3) is 0 Å². The Balaban J connectivity index is 2.15. The standard InChI is InChI=1S/C14H19IO/c15-13(12-8-4-3-5-9-12)14(16)10-6-1-2-7-11-14/h3-5,8-9,13,16H,1-2,6-7,10-11H2. The normalized spacial score (nSPS) is 22.4. The first kappa shape index (κ1) is 12.4. The summed E-state index contributed by atoms with van der Waals surface area (Å²) in [7, 11) is 0. The number of hydrogen-bond acceptors (Lipinski definition) is 1. The predicted octanol–water partition coefficient (Wildman–Crippen LogP) is 4.25. The number of aliphatic hydroxyl groups is 1. The van der Waals surface area contributed by atoms with Crippen LogP contribution in [0.4, 0.5) is 0 Å². The molecule has 0 spiro atoms. The summed E-state index contributed by atoms with van der Waals surface area (Å²) < 4.78 is 0.226. The second-order valence-electron chi connectivity index (χ2n) is 4.79. The summed E-state index contributed by atoms with van der Waals surface area (Å²) in [5, 5.41) is 10.8. The highest BCUT2D eigenvalue weighted by atomic mass is 127. The zero-order valence-electron chi connectivity index (χ0n) is 9.53. The SMILES string of the molecule is OC1(C(I)c2ccccc2)CCCCCC1. The molecule has 0 aliphatic heterocycles. The van der Waals surface area contributed by atoms with Gasteiger partial charge in [0.15, 0.2) is 0 Å². The van der Waals surface area contributed by atoms with Crippen LogP contribution in [-0.2, 0) is 0 Å². The lowest BCUT2D eigenvalue weighted by Crippen LogP contribution is -2.32. The summed E-state index contributed by atoms with van der Waals surface area (Å²) in [5.41, 5.74) is 0.769. The van der Waals surface area contributed by atoms with E-state index >= 15 is 0 Å². The first-order valence-corrected chi connectivity index (χ1v) is 7.38. The zero-order valence-corrected chi connectivity index (χ0v) is 11.7. The summed E-state index contributed by atoms with van der Waals surface area (Å²) in [5.74, 6) is 0. The topological polar surface area (TPSA) is 20.2 Å². The Kier molecular flexibility index (Phi) is 4.25. The molecule has 0 amide bonds. The van der Waals surface area contributed by atoms with E-state index in [0.717, 1.165) is 12.8 Å². The smallest absolute Gasteiger partial charge is 0.0805 e. The van der Waals surface area contributed by atoms with E-state index in [1.807, 2.05) is 6.07 Å². The fraction of sp³-hybridized carbons (Fsp3) is 0.571. The third kappa shape index (κ3) is 2.77. The van der Waals surface area contributed by atoms with Gasteiger partial charge in [-0.25, -0.2) is 0 Å². The first-order valence-electron chi connectivity index (χ1n) is 6.14. The summed E-state index contributed by atoms with van der Waals surface area (Å²) in [6.45, 7) is 0. The average Bonchev–Trinajstić information content (AvgIpc) is 2.55. The van der Waals surface area contributed by atoms with Crippen LogP contribution in [0, 0.1) is 0 Å². The molecule has 1 aliphatic carbocycles. The fourth-order valence-corrected chi connectivity index (χ4v) is 3.56. The molecule has 1 nitrogen and oxygen atoms in total. The van der Waals surface area contributed by atoms with Crippen molar-refractivity contribution in [3.8, 4) is 0 Å². The Morgan fingerprint density at radius 3 is 2.12 bits per heavy atom. The molecule has 1 aliphatic rings. The van der Waals surface area contributed by atoms with Gasteiger partial charge in [-0.05, 0) is 18.4 Å². The van der Waals surface area contributed by atoms with Gasteiger partial charge in [0.05, 0.1) is 9.53 Å². The molecule has 1 unspecified atom stereocenters. The molecule has 2 rings (SSSR count). The lowest BCUT2D eigenvalue weighted by atomic mass is 9.87. The zero-order chi connectivity index (χ0) is 11.4. The van der Waals surface area contributed by atoms with Crippen molar-refractivity contribution >= 4 is 22.6 Å². The van der Waals surface area contributed by atoms with Crippen molar-refractivity contribution in [2.45, 2.75) is 48.1 Å². The van der Waals surface area contributed by atoms with Crippen molar-refractivity contribution in [2.75, 3.05) is 0 Å². The molecule has 1 aromatic carbocycles. The highest BCUT2D eigenvalue weighted by Crippen LogP contribution is 2.42. The van der Waals surface area contributed by atoms with Crippen molar-refractivity contribution in [3.63, 3.8) is 0 Å². The lowest BCUT2D eigenvalue weighted by molar-refractivity contribution is 0.0267. The van der Waals surface area contributed by atoms with Crippen LogP contribution in [0.5, 0.6) is 0 Å². The molecule has 2 heteroatoms. The second kappa shape index (κ2) is 5.50. The van der Waals surface area contributed by atoms with Gasteiger partial charge in [-0.3, -0.25) is 0 Å². The molecule has 1 atom stereocenters. The van der Waals surface area contributed by atoms with Crippen molar-refractivity contribution in [1.82, 2.24) is 0 Å². The van der Waals surface area contributed by atoms with Crippen LogP contribution in [0.3, 0.4) is 0 Å². The number of benzene rings is 1. The number of alkyl halides is 1. The van der Waals surface area contributed by atoms with Gasteiger partial charge in [0.2, 0.25) is 0 Å². The minimum atomic E-state index is -0.488. The summed E-state index contributed by atoms with van der Waals surface area (Å²) in [6, 6.07) is 10.4. The van der Waals surface area contributed by atoms with E-state index in [4.69, 9.17) is 0 Å². The summed E-state index contributed by atoms with van der Waals surface area (Å²) in [4.78, 5) is 0. The van der Waals surface area contributed by atoms with Crippen molar-refractivity contribution in [1.29, 1.82) is 0 Å². The molecule has 0 radical (unpaired) electrons. The molecule has 1 N–H and O–H groups in total. The average molecular weight is 330 g/mol. The molecule has 16 heavy (non-hydrogen) atoms. The molecule has 0 heterocycles. The molecule has 0 saturated heterocycles. The molecule has 1 fully saturated rings. The molecule has 0 bridgehead atoms. The predicted molar refractivity (Wildman–Crippen MR) is 75.9 cm³/mol. The fourth-order valence-electron chi connectivity index (χ4n) is 2.53. The number of halogens is 1. The van der Waals surface area contributed by atoms with Crippen molar-refractivity contribution in [3.05, 3.63) is 35.9 Å². The highest BCUT2D eigenvalue weighted by Gasteiger charge is 2.35. The Morgan fingerprint density at radius 1 is 1.00 bits per heavy atom. The third-order valence-electron chi connectivity index (χ3n) is 3.53. The van der Waals surface area contributed by atoms with Gasteiger partial charge >= 0.3 is 0 Å². The molecule has 1 aromatic rings. The van der Waals surface area contributed by atoms with Gasteiger partial charge in [-0.1, -0.05) is 78.6 Å². The minimum absolute atomic E-state index is 0.226. The Bertz CT molecular complexity index is 315. The van der Waals surface area contributed by atoms with Crippen LogP contribution in [0.1, 0.15) is 48.0 Å². The maximum absolute atomic E-state index is 10.8. The van der Waals surface area contributed by atoms with Gasteiger partial charge in [-0.2, -0.15) is 0 Å². The van der Waals surface area contributed by atoms with E-state index in [-0.39, 0.29) is 3.92 Å². The van der Waals surface area contributed by atoms with E-state index in [0.29, 0.717) is 0 Å². The monoisotopic (exact) mass is 330 g/mol. The Morgan fingerprint density at radius 2 is 1.56 bits per heavy atom. The second-order valence-corrected chi connectivity index (χ2v) is 6.04. The van der Waals surface area contributed by atoms with Crippen molar-refractivity contribution < 1.29 is 5.11 Å². The van der Waals surface area contributed by atoms with Crippen LogP contribution < -0.4 is 0 Å². The van der Waals surface area contributed by atoms with Gasteiger partial charge < -0.3 is 5.11 Å². The maximum Gasteiger partial charge on any atom is 0.0805 e. The van der Waals surface area contributed by atoms with Crippen LogP contribution in [0.15, 0.2) is 30.3 Å². The van der Waals surface area contributed by atoms with Crippen LogP contribution in [0.25, 0.3) is 0 Å². The van der Waals surface area contributed by atoms with Crippen molar-refractivity contribution in [2.24, 2.45) is 0 Å².